The molecule has 19 heavy (non-hydrogen) atoms. The van der Waals surface area contributed by atoms with Crippen LogP contribution in [0.5, 0.6) is 0 Å². The number of nitrogens with two attached hydrogens (primary N) is 1. The predicted molar refractivity (Wildman–Crippen MR) is 69.2 cm³/mol. The number of primary amides is 1. The monoisotopic (exact) mass is 275 g/mol. The van der Waals surface area contributed by atoms with Gasteiger partial charge in [-0.3, -0.25) is 14.3 Å². The lowest BCUT2D eigenvalue weighted by Crippen LogP contribution is -2.11. The number of hydrogen-bond acceptors (Lipinski definition) is 5. The zero-order chi connectivity index (χ0) is 13.6. The van der Waals surface area contributed by atoms with Gasteiger partial charge in [0.2, 0.25) is 0 Å². The van der Waals surface area contributed by atoms with Gasteiger partial charge in [0, 0.05) is 31.1 Å². The van der Waals surface area contributed by atoms with E-state index in [4.69, 9.17) is 5.73 Å². The molecule has 3 aromatic heterocycles. The number of hydrogen-bond donors (Lipinski definition) is 1. The smallest absolute Gasteiger partial charge is 0.269 e. The van der Waals surface area contributed by atoms with Crippen LogP contribution in [-0.4, -0.2) is 31.6 Å². The number of aryl methyl sites for hydroxylation is 1. The van der Waals surface area contributed by atoms with Gasteiger partial charge in [0.15, 0.2) is 12.0 Å². The van der Waals surface area contributed by atoms with Crippen molar-refractivity contribution < 1.29 is 9.59 Å². The average Bonchev–Trinajstić information content (AvgIpc) is 2.98. The van der Waals surface area contributed by atoms with E-state index in [1.807, 2.05) is 0 Å². The van der Waals surface area contributed by atoms with E-state index >= 15 is 0 Å². The summed E-state index contributed by atoms with van der Waals surface area (Å²) in [4.78, 5) is 23.6. The second-order valence-corrected chi connectivity index (χ2v) is 5.05. The quantitative estimate of drug-likeness (QED) is 0.712. The summed E-state index contributed by atoms with van der Waals surface area (Å²) in [6.07, 6.45) is 4.23. The van der Waals surface area contributed by atoms with Crippen LogP contribution in [0.3, 0.4) is 0 Å². The molecule has 3 aromatic rings. The summed E-state index contributed by atoms with van der Waals surface area (Å²) in [7, 11) is 1.75. The van der Waals surface area contributed by atoms with E-state index < -0.39 is 5.91 Å². The van der Waals surface area contributed by atoms with Gasteiger partial charge in [-0.25, -0.2) is 4.52 Å². The molecule has 0 saturated carbocycles. The van der Waals surface area contributed by atoms with Crippen molar-refractivity contribution in [3.05, 3.63) is 29.8 Å². The van der Waals surface area contributed by atoms with E-state index in [0.29, 0.717) is 12.0 Å². The van der Waals surface area contributed by atoms with Crippen LogP contribution in [0.2, 0.25) is 0 Å². The van der Waals surface area contributed by atoms with Gasteiger partial charge >= 0.3 is 0 Å². The van der Waals surface area contributed by atoms with E-state index in [0.717, 1.165) is 15.3 Å². The maximum Gasteiger partial charge on any atom is 0.269 e. The van der Waals surface area contributed by atoms with E-state index in [-0.39, 0.29) is 5.69 Å². The zero-order valence-corrected chi connectivity index (χ0v) is 10.7. The summed E-state index contributed by atoms with van der Waals surface area (Å²) >= 11 is 1.41. The Hall–Kier alpha value is -2.48. The lowest BCUT2D eigenvalue weighted by atomic mass is 10.2. The minimum atomic E-state index is -0.563. The number of nitrogens with zero attached hydrogens (tertiary/aromatic N) is 4. The summed E-state index contributed by atoms with van der Waals surface area (Å²) in [5, 5.41) is 8.12. The molecule has 3 heterocycles. The van der Waals surface area contributed by atoms with Crippen molar-refractivity contribution in [1.29, 1.82) is 0 Å². The number of aromatic nitrogens is 4. The Morgan fingerprint density at radius 1 is 1.42 bits per heavy atom. The summed E-state index contributed by atoms with van der Waals surface area (Å²) in [6.45, 7) is 0. The van der Waals surface area contributed by atoms with Gasteiger partial charge in [-0.05, 0) is 0 Å². The number of aldehydes is 1. The van der Waals surface area contributed by atoms with Crippen LogP contribution >= 0.6 is 11.3 Å². The summed E-state index contributed by atoms with van der Waals surface area (Å²) < 4.78 is 3.15. The largest absolute Gasteiger partial charge is 0.364 e. The van der Waals surface area contributed by atoms with Crippen LogP contribution in [0, 0.1) is 0 Å². The highest BCUT2D eigenvalue weighted by Gasteiger charge is 2.15. The number of thiazole rings is 1. The molecular formula is C11H9N5O2S. The maximum atomic E-state index is 11.0. The summed E-state index contributed by atoms with van der Waals surface area (Å²) in [5.74, 6) is -0.563. The molecule has 2 N–H and O–H groups in total. The highest BCUT2D eigenvalue weighted by atomic mass is 32.1. The normalized spacial score (nSPS) is 11.0. The molecule has 0 aliphatic carbocycles. The fraction of sp³-hybridized carbons (Fsp3) is 0.0909. The SMILES string of the molecule is Cn1cc(-c2cn3nc(C(N)=O)cc3s2)c(C=O)n1. The number of carbonyl (C=O) groups is 2. The van der Waals surface area contributed by atoms with Gasteiger partial charge in [0.25, 0.3) is 5.91 Å². The van der Waals surface area contributed by atoms with Crippen molar-refractivity contribution in [2.75, 3.05) is 0 Å². The lowest BCUT2D eigenvalue weighted by molar-refractivity contribution is 0.0995. The number of carbonyl (C=O) groups excluding carboxylic acids is 2. The fourth-order valence-electron chi connectivity index (χ4n) is 1.82. The summed E-state index contributed by atoms with van der Waals surface area (Å²) in [6, 6.07) is 1.62. The standard InChI is InChI=1S/C11H9N5O2S/c1-15-3-6(8(5-17)13-15)9-4-16-10(19-9)2-7(14-16)11(12)18/h2-5H,1H3,(H2,12,18). The molecule has 8 heteroatoms. The van der Waals surface area contributed by atoms with Crippen LogP contribution in [0.25, 0.3) is 15.3 Å². The van der Waals surface area contributed by atoms with E-state index in [1.165, 1.54) is 11.3 Å². The van der Waals surface area contributed by atoms with Gasteiger partial charge in [0.05, 0.1) is 4.88 Å². The molecule has 1 amide bonds. The molecule has 7 nitrogen and oxygen atoms in total. The fourth-order valence-corrected chi connectivity index (χ4v) is 2.83. The third kappa shape index (κ3) is 1.82. The molecule has 96 valence electrons. The Kier molecular flexibility index (Phi) is 2.46. The average molecular weight is 275 g/mol. The maximum absolute atomic E-state index is 11.0. The minimum absolute atomic E-state index is 0.222. The molecule has 0 bridgehead atoms. The van der Waals surface area contributed by atoms with Crippen molar-refractivity contribution in [3.63, 3.8) is 0 Å². The third-order valence-electron chi connectivity index (χ3n) is 2.64. The van der Waals surface area contributed by atoms with Gasteiger partial charge in [-0.1, -0.05) is 0 Å². The van der Waals surface area contributed by atoms with Crippen molar-refractivity contribution in [3.8, 4) is 10.4 Å². The predicted octanol–water partition coefficient (Wildman–Crippen LogP) is 0.708. The first-order chi connectivity index (χ1) is 9.08. The van der Waals surface area contributed by atoms with Gasteiger partial charge < -0.3 is 5.73 Å². The van der Waals surface area contributed by atoms with Crippen LogP contribution in [-0.2, 0) is 7.05 Å². The molecule has 0 fully saturated rings. The molecule has 0 radical (unpaired) electrons. The second kappa shape index (κ2) is 4.02. The van der Waals surface area contributed by atoms with Gasteiger partial charge in [-0.15, -0.1) is 11.3 Å². The first kappa shape index (κ1) is 11.6. The molecule has 0 unspecified atom stereocenters. The second-order valence-electron chi connectivity index (χ2n) is 3.99. The molecule has 0 aromatic carbocycles. The highest BCUT2D eigenvalue weighted by molar-refractivity contribution is 7.20. The summed E-state index contributed by atoms with van der Waals surface area (Å²) in [5.41, 5.74) is 6.51. The van der Waals surface area contributed by atoms with Crippen molar-refractivity contribution in [2.45, 2.75) is 0 Å². The molecule has 0 aliphatic rings. The van der Waals surface area contributed by atoms with Crippen LogP contribution < -0.4 is 5.73 Å². The van der Waals surface area contributed by atoms with Crippen molar-refractivity contribution >= 4 is 28.4 Å². The first-order valence-corrected chi connectivity index (χ1v) is 6.18. The molecule has 0 spiro atoms. The molecule has 0 atom stereocenters. The Morgan fingerprint density at radius 2 is 2.21 bits per heavy atom. The van der Waals surface area contributed by atoms with E-state index in [1.54, 1.807) is 34.7 Å². The lowest BCUT2D eigenvalue weighted by Gasteiger charge is -1.90. The Morgan fingerprint density at radius 3 is 2.84 bits per heavy atom. The molecule has 0 aliphatic heterocycles. The minimum Gasteiger partial charge on any atom is -0.364 e. The number of rotatable bonds is 3. The molecule has 0 saturated heterocycles. The Labute approximate surface area is 111 Å². The highest BCUT2D eigenvalue weighted by Crippen LogP contribution is 2.30. The zero-order valence-electron chi connectivity index (χ0n) is 9.90. The third-order valence-corrected chi connectivity index (χ3v) is 3.70. The van der Waals surface area contributed by atoms with Gasteiger partial charge in [-0.2, -0.15) is 10.2 Å². The first-order valence-electron chi connectivity index (χ1n) is 5.36. The van der Waals surface area contributed by atoms with E-state index in [2.05, 4.69) is 10.2 Å². The van der Waals surface area contributed by atoms with E-state index in [9.17, 15) is 9.59 Å². The van der Waals surface area contributed by atoms with Crippen LogP contribution in [0.1, 0.15) is 21.0 Å². The topological polar surface area (TPSA) is 95.3 Å². The molecule has 3 rings (SSSR count). The molecular weight excluding hydrogens is 266 g/mol. The van der Waals surface area contributed by atoms with Crippen molar-refractivity contribution in [1.82, 2.24) is 19.4 Å². The van der Waals surface area contributed by atoms with Crippen LogP contribution in [0.15, 0.2) is 18.5 Å². The van der Waals surface area contributed by atoms with Gasteiger partial charge in [0.1, 0.15) is 10.5 Å². The Bertz CT molecular complexity index is 766. The number of amides is 1. The number of fused-ring (bicyclic) bond motifs is 1. The van der Waals surface area contributed by atoms with Crippen molar-refractivity contribution in [2.24, 2.45) is 12.8 Å². The Balaban J connectivity index is 2.13. The van der Waals surface area contributed by atoms with Crippen LogP contribution in [0.4, 0.5) is 0 Å².